The van der Waals surface area contributed by atoms with Gasteiger partial charge in [-0.2, -0.15) is 4.98 Å². The molecule has 0 bridgehead atoms. The van der Waals surface area contributed by atoms with E-state index in [0.717, 1.165) is 10.5 Å². The van der Waals surface area contributed by atoms with E-state index in [0.29, 0.717) is 29.6 Å². The molecule has 0 aliphatic heterocycles. The van der Waals surface area contributed by atoms with Crippen LogP contribution in [0.25, 0.3) is 0 Å². The van der Waals surface area contributed by atoms with Gasteiger partial charge in [-0.3, -0.25) is 4.79 Å². The molecule has 3 aromatic rings. The number of aromatic nitrogens is 2. The number of hydrogen-bond donors (Lipinski definition) is 1. The summed E-state index contributed by atoms with van der Waals surface area (Å²) in [4.78, 5) is 17.5. The van der Waals surface area contributed by atoms with Gasteiger partial charge in [-0.25, -0.2) is 4.39 Å². The van der Waals surface area contributed by atoms with Gasteiger partial charge in [-0.1, -0.05) is 29.4 Å². The van der Waals surface area contributed by atoms with E-state index in [1.165, 1.54) is 23.9 Å². The fourth-order valence-electron chi connectivity index (χ4n) is 2.20. The van der Waals surface area contributed by atoms with Gasteiger partial charge in [-0.05, 0) is 36.8 Å². The van der Waals surface area contributed by atoms with Crippen molar-refractivity contribution in [3.63, 3.8) is 0 Å². The third kappa shape index (κ3) is 4.67. The third-order valence-electron chi connectivity index (χ3n) is 3.42. The Morgan fingerprint density at radius 1 is 1.20 bits per heavy atom. The summed E-state index contributed by atoms with van der Waals surface area (Å²) in [5, 5.41) is 6.60. The monoisotopic (exact) mass is 357 g/mol. The molecule has 25 heavy (non-hydrogen) atoms. The predicted molar refractivity (Wildman–Crippen MR) is 92.6 cm³/mol. The lowest BCUT2D eigenvalue weighted by Gasteiger charge is -2.09. The summed E-state index contributed by atoms with van der Waals surface area (Å²) < 4.78 is 18.0. The number of carbonyl (C=O) groups excluding carboxylic acids is 1. The van der Waals surface area contributed by atoms with Gasteiger partial charge in [0.1, 0.15) is 5.82 Å². The fourth-order valence-corrected chi connectivity index (χ4v) is 3.09. The lowest BCUT2D eigenvalue weighted by Crippen LogP contribution is -2.23. The molecule has 0 fully saturated rings. The van der Waals surface area contributed by atoms with Crippen LogP contribution < -0.4 is 5.32 Å². The largest absolute Gasteiger partial charge is 0.348 e. The molecule has 128 valence electrons. The maximum absolute atomic E-state index is 12.9. The van der Waals surface area contributed by atoms with Crippen LogP contribution in [-0.2, 0) is 12.3 Å². The molecule has 0 aliphatic rings. The molecule has 3 rings (SSSR count). The highest BCUT2D eigenvalue weighted by atomic mass is 32.2. The summed E-state index contributed by atoms with van der Waals surface area (Å²) in [6.07, 6.45) is 0. The Hall–Kier alpha value is -2.67. The molecule has 1 heterocycles. The number of rotatable bonds is 6. The highest BCUT2D eigenvalue weighted by Gasteiger charge is 2.12. The molecule has 0 atom stereocenters. The number of amides is 1. The van der Waals surface area contributed by atoms with Crippen molar-refractivity contribution < 1.29 is 13.7 Å². The third-order valence-corrected chi connectivity index (χ3v) is 4.48. The zero-order valence-electron chi connectivity index (χ0n) is 13.5. The van der Waals surface area contributed by atoms with Gasteiger partial charge in [0, 0.05) is 11.4 Å². The van der Waals surface area contributed by atoms with Crippen molar-refractivity contribution in [3.05, 3.63) is 77.2 Å². The summed E-state index contributed by atoms with van der Waals surface area (Å²) in [5.74, 6) is 1.11. The molecule has 7 heteroatoms. The first-order valence-electron chi connectivity index (χ1n) is 7.65. The molecule has 0 spiro atoms. The van der Waals surface area contributed by atoms with E-state index in [-0.39, 0.29) is 11.7 Å². The smallest absolute Gasteiger partial charge is 0.252 e. The van der Waals surface area contributed by atoms with E-state index in [2.05, 4.69) is 15.5 Å². The van der Waals surface area contributed by atoms with Crippen LogP contribution in [0.15, 0.2) is 57.9 Å². The topological polar surface area (TPSA) is 68.0 Å². The maximum atomic E-state index is 12.9. The van der Waals surface area contributed by atoms with Crippen molar-refractivity contribution in [2.75, 3.05) is 0 Å². The molecule has 0 unspecified atom stereocenters. The van der Waals surface area contributed by atoms with Crippen LogP contribution in [0.1, 0.15) is 27.6 Å². The number of thioether (sulfide) groups is 1. The van der Waals surface area contributed by atoms with Gasteiger partial charge < -0.3 is 9.84 Å². The Balaban J connectivity index is 1.64. The maximum Gasteiger partial charge on any atom is 0.252 e. The lowest BCUT2D eigenvalue weighted by atomic mass is 10.2. The van der Waals surface area contributed by atoms with Crippen molar-refractivity contribution >= 4 is 17.7 Å². The second-order valence-electron chi connectivity index (χ2n) is 5.33. The zero-order valence-corrected chi connectivity index (χ0v) is 14.3. The van der Waals surface area contributed by atoms with Crippen LogP contribution in [0, 0.1) is 12.7 Å². The van der Waals surface area contributed by atoms with Crippen LogP contribution in [-0.4, -0.2) is 16.0 Å². The van der Waals surface area contributed by atoms with Crippen molar-refractivity contribution in [2.24, 2.45) is 0 Å². The van der Waals surface area contributed by atoms with E-state index in [4.69, 9.17) is 4.52 Å². The predicted octanol–water partition coefficient (Wildman–Crippen LogP) is 3.74. The molecular formula is C18H16FN3O2S. The van der Waals surface area contributed by atoms with Crippen LogP contribution in [0.2, 0.25) is 0 Å². The highest BCUT2D eigenvalue weighted by molar-refractivity contribution is 7.98. The van der Waals surface area contributed by atoms with Crippen LogP contribution >= 0.6 is 11.8 Å². The van der Waals surface area contributed by atoms with Gasteiger partial charge in [0.05, 0.1) is 11.3 Å². The average molecular weight is 357 g/mol. The lowest BCUT2D eigenvalue weighted by molar-refractivity contribution is 0.0948. The number of benzene rings is 2. The van der Waals surface area contributed by atoms with Gasteiger partial charge in [0.15, 0.2) is 5.82 Å². The first-order valence-corrected chi connectivity index (χ1v) is 8.64. The molecule has 0 radical (unpaired) electrons. The average Bonchev–Trinajstić information content (AvgIpc) is 3.05. The number of nitrogens with zero attached hydrogens (tertiary/aromatic N) is 2. The Labute approximate surface area is 148 Å². The normalized spacial score (nSPS) is 10.6. The fraction of sp³-hybridized carbons (Fsp3) is 0.167. The van der Waals surface area contributed by atoms with E-state index in [9.17, 15) is 9.18 Å². The van der Waals surface area contributed by atoms with Gasteiger partial charge >= 0.3 is 0 Å². The number of halogens is 1. The summed E-state index contributed by atoms with van der Waals surface area (Å²) in [7, 11) is 0. The molecule has 0 saturated carbocycles. The van der Waals surface area contributed by atoms with E-state index in [1.54, 1.807) is 25.1 Å². The zero-order chi connectivity index (χ0) is 17.6. The second kappa shape index (κ2) is 7.94. The van der Waals surface area contributed by atoms with Crippen LogP contribution in [0.4, 0.5) is 4.39 Å². The number of hydrogen-bond acceptors (Lipinski definition) is 5. The van der Waals surface area contributed by atoms with Crippen molar-refractivity contribution in [2.45, 2.75) is 24.1 Å². The standard InChI is InChI=1S/C18H16FN3O2S/c1-12-21-17(24-22-12)11-25-16-5-3-2-4-15(16)18(23)20-10-13-6-8-14(19)9-7-13/h2-9H,10-11H2,1H3,(H,20,23). The van der Waals surface area contributed by atoms with Gasteiger partial charge in [-0.15, -0.1) is 11.8 Å². The molecule has 1 amide bonds. The van der Waals surface area contributed by atoms with Gasteiger partial charge in [0.2, 0.25) is 5.89 Å². The second-order valence-corrected chi connectivity index (χ2v) is 6.35. The quantitative estimate of drug-likeness (QED) is 0.681. The van der Waals surface area contributed by atoms with E-state index < -0.39 is 0 Å². The molecule has 5 nitrogen and oxygen atoms in total. The molecule has 0 saturated heterocycles. The number of carbonyl (C=O) groups is 1. The number of nitrogens with one attached hydrogen (secondary N) is 1. The summed E-state index contributed by atoms with van der Waals surface area (Å²) in [6, 6.07) is 13.4. The Bertz CT molecular complexity index is 865. The van der Waals surface area contributed by atoms with E-state index >= 15 is 0 Å². The van der Waals surface area contributed by atoms with Crippen molar-refractivity contribution in [3.8, 4) is 0 Å². The Morgan fingerprint density at radius 2 is 1.96 bits per heavy atom. The summed E-state index contributed by atoms with van der Waals surface area (Å²) in [6.45, 7) is 2.09. The van der Waals surface area contributed by atoms with Crippen molar-refractivity contribution in [1.82, 2.24) is 15.5 Å². The summed E-state index contributed by atoms with van der Waals surface area (Å²) >= 11 is 1.46. The highest BCUT2D eigenvalue weighted by Crippen LogP contribution is 2.25. The molecule has 1 aromatic heterocycles. The molecule has 1 N–H and O–H groups in total. The minimum absolute atomic E-state index is 0.186. The SMILES string of the molecule is Cc1noc(CSc2ccccc2C(=O)NCc2ccc(F)cc2)n1. The first-order chi connectivity index (χ1) is 12.1. The Morgan fingerprint density at radius 3 is 2.68 bits per heavy atom. The molecular weight excluding hydrogens is 341 g/mol. The molecule has 2 aromatic carbocycles. The van der Waals surface area contributed by atoms with E-state index in [1.807, 2.05) is 18.2 Å². The molecule has 0 aliphatic carbocycles. The summed E-state index contributed by atoms with van der Waals surface area (Å²) in [5.41, 5.74) is 1.41. The number of aryl methyl sites for hydroxylation is 1. The van der Waals surface area contributed by atoms with Crippen LogP contribution in [0.3, 0.4) is 0 Å². The first kappa shape index (κ1) is 17.2. The minimum atomic E-state index is -0.298. The Kier molecular flexibility index (Phi) is 5.45. The minimum Gasteiger partial charge on any atom is -0.348 e. The van der Waals surface area contributed by atoms with Gasteiger partial charge in [0.25, 0.3) is 5.91 Å². The van der Waals surface area contributed by atoms with Crippen LogP contribution in [0.5, 0.6) is 0 Å². The van der Waals surface area contributed by atoms with Crippen molar-refractivity contribution in [1.29, 1.82) is 0 Å².